The Labute approximate surface area is 209 Å². The van der Waals surface area contributed by atoms with Crippen molar-refractivity contribution in [2.75, 3.05) is 5.32 Å². The van der Waals surface area contributed by atoms with Crippen LogP contribution in [-0.2, 0) is 21.4 Å². The van der Waals surface area contributed by atoms with Crippen molar-refractivity contribution in [1.82, 2.24) is 9.36 Å². The Kier molecular flexibility index (Phi) is 7.49. The van der Waals surface area contributed by atoms with Gasteiger partial charge < -0.3 is 10.1 Å². The molecule has 1 heterocycles. The van der Waals surface area contributed by atoms with Crippen LogP contribution in [0.1, 0.15) is 36.1 Å². The van der Waals surface area contributed by atoms with Gasteiger partial charge in [0, 0.05) is 13.0 Å². The summed E-state index contributed by atoms with van der Waals surface area (Å²) in [6, 6.07) is 28.6. The Morgan fingerprint density at radius 2 is 1.36 bits per heavy atom. The third kappa shape index (κ3) is 5.30. The summed E-state index contributed by atoms with van der Waals surface area (Å²) in [5.74, 6) is -1.27. The van der Waals surface area contributed by atoms with Crippen LogP contribution < -0.4 is 10.9 Å². The highest BCUT2D eigenvalue weighted by Gasteiger charge is 2.25. The van der Waals surface area contributed by atoms with Gasteiger partial charge in [0.2, 0.25) is 0 Å². The first kappa shape index (κ1) is 24.7. The van der Waals surface area contributed by atoms with E-state index in [1.54, 1.807) is 18.7 Å². The van der Waals surface area contributed by atoms with Gasteiger partial charge in [-0.1, -0.05) is 78.9 Å². The van der Waals surface area contributed by atoms with Gasteiger partial charge in [-0.15, -0.1) is 0 Å². The predicted octanol–water partition coefficient (Wildman–Crippen LogP) is 4.58. The lowest BCUT2D eigenvalue weighted by atomic mass is 9.88. The maximum atomic E-state index is 13.1. The van der Waals surface area contributed by atoms with E-state index >= 15 is 0 Å². The van der Waals surface area contributed by atoms with Crippen molar-refractivity contribution in [2.45, 2.75) is 32.3 Å². The van der Waals surface area contributed by atoms with Gasteiger partial charge in [0.25, 0.3) is 11.5 Å². The quantitative estimate of drug-likeness (QED) is 0.372. The average Bonchev–Trinajstić information content (AvgIpc) is 3.11. The van der Waals surface area contributed by atoms with Crippen LogP contribution in [0.25, 0.3) is 5.69 Å². The number of hydrogen-bond acceptors (Lipinski definition) is 4. The molecule has 3 aromatic carbocycles. The van der Waals surface area contributed by atoms with Gasteiger partial charge in [-0.3, -0.25) is 19.1 Å². The normalized spacial score (nSPS) is 11.8. The van der Waals surface area contributed by atoms with E-state index in [2.05, 4.69) is 5.32 Å². The number of aromatic nitrogens is 2. The van der Waals surface area contributed by atoms with Crippen molar-refractivity contribution >= 4 is 17.6 Å². The van der Waals surface area contributed by atoms with E-state index in [4.69, 9.17) is 4.74 Å². The van der Waals surface area contributed by atoms with Crippen LogP contribution in [0.3, 0.4) is 0 Å². The van der Waals surface area contributed by atoms with E-state index in [9.17, 15) is 14.4 Å². The number of carbonyl (C=O) groups excluding carboxylic acids is 2. The maximum absolute atomic E-state index is 13.1. The molecule has 0 spiro atoms. The number of esters is 1. The van der Waals surface area contributed by atoms with Crippen molar-refractivity contribution < 1.29 is 14.3 Å². The van der Waals surface area contributed by atoms with E-state index in [0.29, 0.717) is 11.4 Å². The first-order valence-corrected chi connectivity index (χ1v) is 11.8. The predicted molar refractivity (Wildman–Crippen MR) is 139 cm³/mol. The summed E-state index contributed by atoms with van der Waals surface area (Å²) in [6.07, 6.45) is -0.995. The lowest BCUT2D eigenvalue weighted by Crippen LogP contribution is -2.32. The van der Waals surface area contributed by atoms with Crippen LogP contribution in [0.2, 0.25) is 0 Å². The fourth-order valence-electron chi connectivity index (χ4n) is 4.20. The van der Waals surface area contributed by atoms with Crippen LogP contribution in [0, 0.1) is 6.92 Å². The van der Waals surface area contributed by atoms with E-state index in [0.717, 1.165) is 11.1 Å². The topological polar surface area (TPSA) is 82.3 Å². The second kappa shape index (κ2) is 10.9. The van der Waals surface area contributed by atoms with Gasteiger partial charge >= 0.3 is 5.97 Å². The molecule has 4 rings (SSSR count). The largest absolute Gasteiger partial charge is 0.453 e. The molecule has 0 aliphatic carbocycles. The molecule has 4 aromatic rings. The number of nitrogens with one attached hydrogen (secondary N) is 1. The molecule has 184 valence electrons. The molecule has 7 heteroatoms. The minimum absolute atomic E-state index is 0.0802. The Hall–Kier alpha value is -4.39. The molecule has 0 aliphatic heterocycles. The van der Waals surface area contributed by atoms with Crippen molar-refractivity contribution in [3.8, 4) is 5.69 Å². The third-order valence-corrected chi connectivity index (χ3v) is 6.25. The highest BCUT2D eigenvalue weighted by molar-refractivity contribution is 5.95. The van der Waals surface area contributed by atoms with Gasteiger partial charge in [0.15, 0.2) is 6.10 Å². The van der Waals surface area contributed by atoms with Crippen molar-refractivity contribution in [3.05, 3.63) is 118 Å². The van der Waals surface area contributed by atoms with E-state index in [1.165, 1.54) is 11.6 Å². The molecule has 36 heavy (non-hydrogen) atoms. The molecule has 1 N–H and O–H groups in total. The third-order valence-electron chi connectivity index (χ3n) is 6.25. The molecule has 7 nitrogen and oxygen atoms in total. The SMILES string of the molecule is Cc1c(NC(=O)C(C)OC(=O)CC(c2ccccc2)c2ccccc2)c(=O)n(-c2ccccc2)n1C. The number of amides is 1. The van der Waals surface area contributed by atoms with Crippen LogP contribution in [-0.4, -0.2) is 27.3 Å². The number of carbonyl (C=O) groups is 2. The molecule has 0 aliphatic rings. The Morgan fingerprint density at radius 3 is 1.89 bits per heavy atom. The molecule has 0 fully saturated rings. The van der Waals surface area contributed by atoms with Crippen LogP contribution in [0.15, 0.2) is 95.8 Å². The van der Waals surface area contributed by atoms with Gasteiger partial charge in [-0.2, -0.15) is 0 Å². The van der Waals surface area contributed by atoms with E-state index in [-0.39, 0.29) is 23.6 Å². The molecule has 0 saturated carbocycles. The summed E-state index contributed by atoms with van der Waals surface area (Å²) < 4.78 is 8.65. The average molecular weight is 484 g/mol. The van der Waals surface area contributed by atoms with Gasteiger partial charge in [0.05, 0.1) is 17.8 Å². The first-order chi connectivity index (χ1) is 17.4. The second-order valence-corrected chi connectivity index (χ2v) is 8.64. The monoisotopic (exact) mass is 483 g/mol. The Morgan fingerprint density at radius 1 is 0.861 bits per heavy atom. The highest BCUT2D eigenvalue weighted by Crippen LogP contribution is 2.28. The minimum atomic E-state index is -1.08. The molecule has 1 amide bonds. The number of nitrogens with zero attached hydrogens (tertiary/aromatic N) is 2. The van der Waals surface area contributed by atoms with Crippen LogP contribution in [0.5, 0.6) is 0 Å². The fraction of sp³-hybridized carbons (Fsp3) is 0.207. The highest BCUT2D eigenvalue weighted by atomic mass is 16.5. The van der Waals surface area contributed by atoms with Crippen LogP contribution in [0.4, 0.5) is 5.69 Å². The zero-order valence-corrected chi connectivity index (χ0v) is 20.5. The number of rotatable bonds is 8. The van der Waals surface area contributed by atoms with Gasteiger partial charge in [-0.25, -0.2) is 4.68 Å². The molecule has 0 bridgehead atoms. The van der Waals surface area contributed by atoms with Crippen LogP contribution >= 0.6 is 0 Å². The number of anilines is 1. The minimum Gasteiger partial charge on any atom is -0.453 e. The molecule has 0 saturated heterocycles. The van der Waals surface area contributed by atoms with Crippen molar-refractivity contribution in [3.63, 3.8) is 0 Å². The lowest BCUT2D eigenvalue weighted by Gasteiger charge is -2.19. The summed E-state index contributed by atoms with van der Waals surface area (Å²) in [5, 5.41) is 2.66. The van der Waals surface area contributed by atoms with Crippen molar-refractivity contribution in [1.29, 1.82) is 0 Å². The van der Waals surface area contributed by atoms with Gasteiger partial charge in [-0.05, 0) is 37.1 Å². The lowest BCUT2D eigenvalue weighted by molar-refractivity contribution is -0.153. The molecule has 1 atom stereocenters. The standard InChI is InChI=1S/C29H29N3O4/c1-20-27(29(35)32(31(20)3)24-17-11-6-12-18-24)30-28(34)21(2)36-26(33)19-25(22-13-7-4-8-14-22)23-15-9-5-10-16-23/h4-18,21,25H,19H2,1-3H3,(H,30,34). The molecular weight excluding hydrogens is 454 g/mol. The summed E-state index contributed by atoms with van der Waals surface area (Å²) in [4.78, 5) is 38.8. The van der Waals surface area contributed by atoms with Crippen molar-refractivity contribution in [2.24, 2.45) is 7.05 Å². The summed E-state index contributed by atoms with van der Waals surface area (Å²) in [5.41, 5.74) is 3.03. The Bertz CT molecular complexity index is 1350. The number of para-hydroxylation sites is 1. The van der Waals surface area contributed by atoms with E-state index in [1.807, 2.05) is 91.0 Å². The molecule has 0 radical (unpaired) electrons. The smallest absolute Gasteiger partial charge is 0.307 e. The second-order valence-electron chi connectivity index (χ2n) is 8.64. The number of benzene rings is 3. The summed E-state index contributed by atoms with van der Waals surface area (Å²) in [6.45, 7) is 3.25. The fourth-order valence-corrected chi connectivity index (χ4v) is 4.20. The molecule has 1 unspecified atom stereocenters. The maximum Gasteiger partial charge on any atom is 0.307 e. The summed E-state index contributed by atoms with van der Waals surface area (Å²) in [7, 11) is 1.75. The molecular formula is C29H29N3O4. The first-order valence-electron chi connectivity index (χ1n) is 11.8. The van der Waals surface area contributed by atoms with Gasteiger partial charge in [0.1, 0.15) is 5.69 Å². The zero-order valence-electron chi connectivity index (χ0n) is 20.5. The molecule has 1 aromatic heterocycles. The number of ether oxygens (including phenoxy) is 1. The zero-order chi connectivity index (χ0) is 25.7. The summed E-state index contributed by atoms with van der Waals surface area (Å²) >= 11 is 0. The number of hydrogen-bond donors (Lipinski definition) is 1. The Balaban J connectivity index is 1.47. The van der Waals surface area contributed by atoms with E-state index < -0.39 is 18.0 Å².